The quantitative estimate of drug-likeness (QED) is 0.182. The van der Waals surface area contributed by atoms with Crippen LogP contribution in [0.25, 0.3) is 0 Å². The number of hydrogen-bond donors (Lipinski definition) is 9. The average Bonchev–Trinajstić information content (AvgIpc) is 2.60. The molecule has 2 aliphatic rings. The Morgan fingerprint density at radius 2 is 1.30 bits per heavy atom. The zero-order chi connectivity index (χ0) is 20.5. The van der Waals surface area contributed by atoms with Gasteiger partial charge >= 0.3 is 7.82 Å². The molecule has 0 aromatic rings. The van der Waals surface area contributed by atoms with Gasteiger partial charge in [-0.3, -0.25) is 4.52 Å². The zero-order valence-electron chi connectivity index (χ0n) is 13.7. The van der Waals surface area contributed by atoms with Crippen molar-refractivity contribution >= 4 is 7.82 Å². The van der Waals surface area contributed by atoms with E-state index in [1.807, 2.05) is 0 Å². The molecular formula is C12H23O14P. The summed E-state index contributed by atoms with van der Waals surface area (Å²) in [6.07, 6.45) is -17.3. The first-order chi connectivity index (χ1) is 12.5. The second-order valence-electron chi connectivity index (χ2n) is 6.10. The number of aliphatic hydroxyl groups excluding tert-OH is 7. The van der Waals surface area contributed by atoms with Crippen LogP contribution in [0.15, 0.2) is 0 Å². The van der Waals surface area contributed by atoms with Crippen molar-refractivity contribution < 1.29 is 68.8 Å². The van der Waals surface area contributed by atoms with Crippen molar-refractivity contribution in [1.82, 2.24) is 0 Å². The molecule has 0 aliphatic carbocycles. The lowest BCUT2D eigenvalue weighted by Gasteiger charge is -2.45. The van der Waals surface area contributed by atoms with Gasteiger partial charge in [0, 0.05) is 0 Å². The van der Waals surface area contributed by atoms with E-state index in [2.05, 4.69) is 4.52 Å². The highest BCUT2D eigenvalue weighted by Crippen LogP contribution is 2.41. The molecule has 2 heterocycles. The summed E-state index contributed by atoms with van der Waals surface area (Å²) >= 11 is 0. The highest BCUT2D eigenvalue weighted by atomic mass is 31.2. The molecule has 2 aliphatic heterocycles. The van der Waals surface area contributed by atoms with E-state index in [4.69, 9.17) is 24.0 Å². The standard InChI is InChI=1S/C12H23O14P/c13-1-3-9(5(15)7(17)11(19)23-3)25-12-8(18)6(16)10(4(2-14)24-12)26-27(20,21)22/h3-19H,1-2H2,(H2,20,21,22)/t3-,4-,5-,6-,7-,8-,9-,10-,11-,12+/m1/s1. The fourth-order valence-electron chi connectivity index (χ4n) is 2.84. The zero-order valence-corrected chi connectivity index (χ0v) is 14.6. The molecule has 0 saturated carbocycles. The third kappa shape index (κ3) is 5.20. The Morgan fingerprint density at radius 3 is 1.81 bits per heavy atom. The first kappa shape index (κ1) is 23.0. The third-order valence-electron chi connectivity index (χ3n) is 4.21. The monoisotopic (exact) mass is 422 g/mol. The summed E-state index contributed by atoms with van der Waals surface area (Å²) in [6, 6.07) is 0. The van der Waals surface area contributed by atoms with Crippen molar-refractivity contribution in [1.29, 1.82) is 0 Å². The van der Waals surface area contributed by atoms with E-state index in [1.54, 1.807) is 0 Å². The van der Waals surface area contributed by atoms with Crippen molar-refractivity contribution in [2.24, 2.45) is 0 Å². The smallest absolute Gasteiger partial charge is 0.394 e. The van der Waals surface area contributed by atoms with Gasteiger partial charge in [-0.05, 0) is 0 Å². The van der Waals surface area contributed by atoms with Crippen LogP contribution in [0.1, 0.15) is 0 Å². The SMILES string of the molecule is O=P(O)(O)O[C@H]1[C@H](O)[C@@H](O)[C@H](O[C@H]2[C@H](O)[C@@H](O)[C@H](O)O[C@@H]2CO)O[C@@H]1CO. The number of phosphoric acid groups is 1. The maximum atomic E-state index is 11.0. The molecule has 0 bridgehead atoms. The Balaban J connectivity index is 2.15. The molecule has 27 heavy (non-hydrogen) atoms. The van der Waals surface area contributed by atoms with Gasteiger partial charge in [-0.2, -0.15) is 0 Å². The molecule has 10 atom stereocenters. The van der Waals surface area contributed by atoms with Gasteiger partial charge in [0.1, 0.15) is 48.8 Å². The lowest BCUT2D eigenvalue weighted by molar-refractivity contribution is -0.354. The molecule has 0 spiro atoms. The molecule has 0 aromatic heterocycles. The minimum absolute atomic E-state index is 0.760. The van der Waals surface area contributed by atoms with Crippen LogP contribution < -0.4 is 0 Å². The van der Waals surface area contributed by atoms with Gasteiger partial charge < -0.3 is 59.7 Å². The van der Waals surface area contributed by atoms with Crippen LogP contribution in [-0.2, 0) is 23.3 Å². The summed E-state index contributed by atoms with van der Waals surface area (Å²) in [5, 5.41) is 67.9. The Bertz CT molecular complexity index is 524. The van der Waals surface area contributed by atoms with Crippen LogP contribution in [0.4, 0.5) is 0 Å². The first-order valence-corrected chi connectivity index (χ1v) is 9.35. The molecule has 2 fully saturated rings. The van der Waals surface area contributed by atoms with Crippen LogP contribution in [0, 0.1) is 0 Å². The third-order valence-corrected chi connectivity index (χ3v) is 4.73. The molecule has 2 saturated heterocycles. The summed E-state index contributed by atoms with van der Waals surface area (Å²) in [5.74, 6) is 0. The number of aliphatic hydroxyl groups is 7. The van der Waals surface area contributed by atoms with E-state index in [1.165, 1.54) is 0 Å². The molecule has 14 nitrogen and oxygen atoms in total. The molecule has 0 unspecified atom stereocenters. The molecule has 0 amide bonds. The topological polar surface area (TPSA) is 236 Å². The number of rotatable bonds is 6. The van der Waals surface area contributed by atoms with Gasteiger partial charge in [0.2, 0.25) is 0 Å². The molecule has 160 valence electrons. The Hall–Kier alpha value is -0.290. The number of ether oxygens (including phenoxy) is 3. The predicted octanol–water partition coefficient (Wildman–Crippen LogP) is -5.28. The van der Waals surface area contributed by atoms with Crippen LogP contribution in [0.5, 0.6) is 0 Å². The Labute approximate surface area is 152 Å². The molecule has 15 heteroatoms. The largest absolute Gasteiger partial charge is 0.470 e. The van der Waals surface area contributed by atoms with Gasteiger partial charge in [0.25, 0.3) is 0 Å². The van der Waals surface area contributed by atoms with Gasteiger partial charge in [-0.15, -0.1) is 0 Å². The van der Waals surface area contributed by atoms with E-state index in [0.717, 1.165) is 0 Å². The fraction of sp³-hybridized carbons (Fsp3) is 1.00. The van der Waals surface area contributed by atoms with Crippen LogP contribution in [0.3, 0.4) is 0 Å². The first-order valence-electron chi connectivity index (χ1n) is 7.82. The van der Waals surface area contributed by atoms with Crippen molar-refractivity contribution in [2.75, 3.05) is 13.2 Å². The second-order valence-corrected chi connectivity index (χ2v) is 7.29. The van der Waals surface area contributed by atoms with Gasteiger partial charge in [0.05, 0.1) is 13.2 Å². The van der Waals surface area contributed by atoms with Crippen LogP contribution in [0.2, 0.25) is 0 Å². The number of phosphoric ester groups is 1. The maximum absolute atomic E-state index is 11.0. The molecule has 0 radical (unpaired) electrons. The van der Waals surface area contributed by atoms with Crippen LogP contribution >= 0.6 is 7.82 Å². The highest BCUT2D eigenvalue weighted by Gasteiger charge is 2.51. The molecule has 9 N–H and O–H groups in total. The van der Waals surface area contributed by atoms with Gasteiger partial charge in [-0.25, -0.2) is 4.57 Å². The van der Waals surface area contributed by atoms with Crippen molar-refractivity contribution in [3.05, 3.63) is 0 Å². The summed E-state index contributed by atoms with van der Waals surface area (Å²) in [7, 11) is -5.10. The minimum Gasteiger partial charge on any atom is -0.394 e. The maximum Gasteiger partial charge on any atom is 0.470 e. The lowest BCUT2D eigenvalue weighted by Crippen LogP contribution is -2.64. The van der Waals surface area contributed by atoms with E-state index in [0.29, 0.717) is 0 Å². The predicted molar refractivity (Wildman–Crippen MR) is 79.5 cm³/mol. The summed E-state index contributed by atoms with van der Waals surface area (Å²) < 4.78 is 30.6. The summed E-state index contributed by atoms with van der Waals surface area (Å²) in [4.78, 5) is 17.7. The normalized spacial score (nSPS) is 46.4. The van der Waals surface area contributed by atoms with E-state index in [-0.39, 0.29) is 0 Å². The molecule has 2 rings (SSSR count). The average molecular weight is 422 g/mol. The molecular weight excluding hydrogens is 399 g/mol. The van der Waals surface area contributed by atoms with E-state index in [9.17, 15) is 40.3 Å². The summed E-state index contributed by atoms with van der Waals surface area (Å²) in [6.45, 7) is -1.65. The van der Waals surface area contributed by atoms with Gasteiger partial charge in [0.15, 0.2) is 12.6 Å². The second kappa shape index (κ2) is 9.02. The fourth-order valence-corrected chi connectivity index (χ4v) is 3.42. The highest BCUT2D eigenvalue weighted by molar-refractivity contribution is 7.46. The number of hydrogen-bond acceptors (Lipinski definition) is 12. The van der Waals surface area contributed by atoms with E-state index < -0.39 is 82.4 Å². The summed E-state index contributed by atoms with van der Waals surface area (Å²) in [5.41, 5.74) is 0. The lowest BCUT2D eigenvalue weighted by atomic mass is 9.97. The Morgan fingerprint density at radius 1 is 0.778 bits per heavy atom. The van der Waals surface area contributed by atoms with Crippen molar-refractivity contribution in [3.8, 4) is 0 Å². The van der Waals surface area contributed by atoms with Gasteiger partial charge in [-0.1, -0.05) is 0 Å². The van der Waals surface area contributed by atoms with E-state index >= 15 is 0 Å². The minimum atomic E-state index is -5.10. The molecule has 0 aromatic carbocycles. The van der Waals surface area contributed by atoms with Crippen molar-refractivity contribution in [2.45, 2.75) is 61.4 Å². The Kier molecular flexibility index (Phi) is 7.68. The van der Waals surface area contributed by atoms with Crippen molar-refractivity contribution in [3.63, 3.8) is 0 Å². The van der Waals surface area contributed by atoms with Crippen LogP contribution in [-0.4, -0.2) is 120 Å².